The van der Waals surface area contributed by atoms with Crippen molar-refractivity contribution < 1.29 is 4.74 Å². The van der Waals surface area contributed by atoms with E-state index >= 15 is 0 Å². The van der Waals surface area contributed by atoms with Crippen molar-refractivity contribution in [1.82, 2.24) is 4.98 Å². The minimum absolute atomic E-state index is 0.0869. The summed E-state index contributed by atoms with van der Waals surface area (Å²) in [6.07, 6.45) is 1.02. The van der Waals surface area contributed by atoms with Crippen LogP contribution in [0.25, 0.3) is 0 Å². The highest BCUT2D eigenvalue weighted by molar-refractivity contribution is 7.09. The number of nitrogens with zero attached hydrogens (tertiary/aromatic N) is 1. The average molecular weight is 276 g/mol. The van der Waals surface area contributed by atoms with Crippen LogP contribution in [0.5, 0.6) is 0 Å². The van der Waals surface area contributed by atoms with E-state index < -0.39 is 0 Å². The van der Waals surface area contributed by atoms with Crippen LogP contribution in [-0.4, -0.2) is 18.6 Å². The van der Waals surface area contributed by atoms with E-state index in [0.717, 1.165) is 29.4 Å². The van der Waals surface area contributed by atoms with Gasteiger partial charge < -0.3 is 10.1 Å². The fourth-order valence-corrected chi connectivity index (χ4v) is 2.62. The van der Waals surface area contributed by atoms with Crippen molar-refractivity contribution >= 4 is 17.0 Å². The van der Waals surface area contributed by atoms with Crippen LogP contribution in [0.4, 0.5) is 5.69 Å². The van der Waals surface area contributed by atoms with Gasteiger partial charge in [0.15, 0.2) is 0 Å². The Balaban J connectivity index is 1.82. The number of hydrogen-bond donors (Lipinski definition) is 1. The predicted molar refractivity (Wildman–Crippen MR) is 80.9 cm³/mol. The van der Waals surface area contributed by atoms with Crippen molar-refractivity contribution in [1.29, 1.82) is 0 Å². The van der Waals surface area contributed by atoms with Crippen LogP contribution < -0.4 is 5.32 Å². The average Bonchev–Trinajstić information content (AvgIpc) is 2.89. The molecule has 0 amide bonds. The van der Waals surface area contributed by atoms with Gasteiger partial charge in [-0.05, 0) is 26.0 Å². The number of rotatable bonds is 6. The Kier molecular flexibility index (Phi) is 4.93. The molecule has 0 saturated carbocycles. The fraction of sp³-hybridized carbons (Fsp3) is 0.400. The second kappa shape index (κ2) is 6.68. The molecule has 2 rings (SSSR count). The van der Waals surface area contributed by atoms with Crippen molar-refractivity contribution in [3.8, 4) is 0 Å². The Morgan fingerprint density at radius 1 is 1.32 bits per heavy atom. The molecule has 1 aromatic carbocycles. The first-order valence-electron chi connectivity index (χ1n) is 6.46. The van der Waals surface area contributed by atoms with Gasteiger partial charge in [-0.15, -0.1) is 11.3 Å². The first-order valence-corrected chi connectivity index (χ1v) is 7.34. The number of aryl methyl sites for hydroxylation is 1. The van der Waals surface area contributed by atoms with E-state index in [0.29, 0.717) is 0 Å². The number of nitrogens with one attached hydrogen (secondary N) is 1. The maximum Gasteiger partial charge on any atom is 0.121 e. The number of hydrogen-bond acceptors (Lipinski definition) is 4. The lowest BCUT2D eigenvalue weighted by Gasteiger charge is -2.06. The highest BCUT2D eigenvalue weighted by Gasteiger charge is 2.08. The van der Waals surface area contributed by atoms with E-state index in [4.69, 9.17) is 4.74 Å². The highest BCUT2D eigenvalue weighted by atomic mass is 32.1. The molecule has 0 bridgehead atoms. The zero-order chi connectivity index (χ0) is 13.7. The van der Waals surface area contributed by atoms with Crippen molar-refractivity contribution in [3.05, 3.63) is 45.9 Å². The number of methoxy groups -OCH3 is 1. The van der Waals surface area contributed by atoms with Gasteiger partial charge in [-0.3, -0.25) is 0 Å². The van der Waals surface area contributed by atoms with E-state index in [2.05, 4.69) is 46.9 Å². The molecule has 1 N–H and O–H groups in total. The molecular formula is C15H20N2OS. The third kappa shape index (κ3) is 4.04. The lowest BCUT2D eigenvalue weighted by atomic mass is 10.2. The summed E-state index contributed by atoms with van der Waals surface area (Å²) in [5.74, 6) is 0. The van der Waals surface area contributed by atoms with Gasteiger partial charge in [-0.1, -0.05) is 17.7 Å². The molecule has 0 aliphatic carbocycles. The second-order valence-corrected chi connectivity index (χ2v) is 5.49. The van der Waals surface area contributed by atoms with E-state index in [1.807, 2.05) is 6.92 Å². The molecule has 102 valence electrons. The van der Waals surface area contributed by atoms with E-state index in [9.17, 15) is 0 Å². The van der Waals surface area contributed by atoms with Gasteiger partial charge in [0, 0.05) is 31.1 Å². The zero-order valence-electron chi connectivity index (χ0n) is 11.6. The molecule has 1 aromatic heterocycles. The third-order valence-electron chi connectivity index (χ3n) is 3.03. The number of thiazole rings is 1. The van der Waals surface area contributed by atoms with E-state index in [1.54, 1.807) is 18.4 Å². The van der Waals surface area contributed by atoms with Crippen molar-refractivity contribution in [3.63, 3.8) is 0 Å². The number of benzene rings is 1. The molecule has 3 nitrogen and oxygen atoms in total. The first kappa shape index (κ1) is 14.0. The lowest BCUT2D eigenvalue weighted by molar-refractivity contribution is 0.119. The molecule has 0 spiro atoms. The van der Waals surface area contributed by atoms with Gasteiger partial charge in [0.25, 0.3) is 0 Å². The predicted octanol–water partition coefficient (Wildman–Crippen LogP) is 3.81. The Morgan fingerprint density at radius 3 is 2.74 bits per heavy atom. The standard InChI is InChI=1S/C15H20N2OS/c1-11-4-6-13(7-5-11)16-9-8-14-10-19-15(17-14)12(2)18-3/h4-7,10,12,16H,8-9H2,1-3H3. The summed E-state index contributed by atoms with van der Waals surface area (Å²) in [7, 11) is 1.71. The smallest absolute Gasteiger partial charge is 0.121 e. The molecule has 0 radical (unpaired) electrons. The van der Waals surface area contributed by atoms with Gasteiger partial charge in [-0.25, -0.2) is 4.98 Å². The van der Waals surface area contributed by atoms with Gasteiger partial charge >= 0.3 is 0 Å². The van der Waals surface area contributed by atoms with Crippen LogP contribution in [0.1, 0.15) is 29.3 Å². The second-order valence-electron chi connectivity index (χ2n) is 4.60. The molecular weight excluding hydrogens is 256 g/mol. The molecule has 0 aliphatic heterocycles. The van der Waals surface area contributed by atoms with Gasteiger partial charge in [-0.2, -0.15) is 0 Å². The molecule has 2 aromatic rings. The summed E-state index contributed by atoms with van der Waals surface area (Å²) in [6, 6.07) is 8.44. The minimum Gasteiger partial charge on any atom is -0.385 e. The van der Waals surface area contributed by atoms with Crippen LogP contribution in [0.2, 0.25) is 0 Å². The molecule has 0 aliphatic rings. The summed E-state index contributed by atoms with van der Waals surface area (Å²) < 4.78 is 5.27. The monoisotopic (exact) mass is 276 g/mol. The van der Waals surface area contributed by atoms with Crippen LogP contribution >= 0.6 is 11.3 Å². The summed E-state index contributed by atoms with van der Waals surface area (Å²) >= 11 is 1.67. The SMILES string of the molecule is COC(C)c1nc(CCNc2ccc(C)cc2)cs1. The Morgan fingerprint density at radius 2 is 2.05 bits per heavy atom. The first-order chi connectivity index (χ1) is 9.19. The fourth-order valence-electron chi connectivity index (χ4n) is 1.73. The number of anilines is 1. The summed E-state index contributed by atoms with van der Waals surface area (Å²) in [5, 5.41) is 6.57. The zero-order valence-corrected chi connectivity index (χ0v) is 12.5. The Bertz CT molecular complexity index is 507. The van der Waals surface area contributed by atoms with E-state index in [1.165, 1.54) is 5.56 Å². The van der Waals surface area contributed by atoms with Gasteiger partial charge in [0.1, 0.15) is 11.1 Å². The summed E-state index contributed by atoms with van der Waals surface area (Å²) in [5.41, 5.74) is 3.57. The molecule has 0 fully saturated rings. The largest absolute Gasteiger partial charge is 0.385 e. The Hall–Kier alpha value is -1.39. The molecule has 1 unspecified atom stereocenters. The topological polar surface area (TPSA) is 34.1 Å². The van der Waals surface area contributed by atoms with Crippen LogP contribution in [-0.2, 0) is 11.2 Å². The lowest BCUT2D eigenvalue weighted by Crippen LogP contribution is -2.05. The quantitative estimate of drug-likeness (QED) is 0.871. The molecule has 1 heterocycles. The van der Waals surface area contributed by atoms with Gasteiger partial charge in [0.05, 0.1) is 5.69 Å². The third-order valence-corrected chi connectivity index (χ3v) is 4.09. The van der Waals surface area contributed by atoms with Crippen LogP contribution in [0, 0.1) is 6.92 Å². The maximum atomic E-state index is 5.27. The van der Waals surface area contributed by atoms with Crippen molar-refractivity contribution in [2.45, 2.75) is 26.4 Å². The van der Waals surface area contributed by atoms with Crippen LogP contribution in [0.15, 0.2) is 29.6 Å². The molecule has 1 atom stereocenters. The maximum absolute atomic E-state index is 5.27. The van der Waals surface area contributed by atoms with E-state index in [-0.39, 0.29) is 6.10 Å². The van der Waals surface area contributed by atoms with Crippen LogP contribution in [0.3, 0.4) is 0 Å². The van der Waals surface area contributed by atoms with Crippen molar-refractivity contribution in [2.24, 2.45) is 0 Å². The summed E-state index contributed by atoms with van der Waals surface area (Å²) in [6.45, 7) is 5.01. The highest BCUT2D eigenvalue weighted by Crippen LogP contribution is 2.20. The minimum atomic E-state index is 0.0869. The number of aromatic nitrogens is 1. The summed E-state index contributed by atoms with van der Waals surface area (Å²) in [4.78, 5) is 4.58. The normalized spacial score (nSPS) is 12.4. The van der Waals surface area contributed by atoms with Gasteiger partial charge in [0.2, 0.25) is 0 Å². The molecule has 0 saturated heterocycles. The molecule has 19 heavy (non-hydrogen) atoms. The number of ether oxygens (including phenoxy) is 1. The molecule has 4 heteroatoms. The Labute approximate surface area is 118 Å². The van der Waals surface area contributed by atoms with Crippen molar-refractivity contribution in [2.75, 3.05) is 19.0 Å².